The minimum Gasteiger partial charge on any atom is -0.377 e. The summed E-state index contributed by atoms with van der Waals surface area (Å²) in [5, 5.41) is 0. The molecule has 0 aromatic heterocycles. The van der Waals surface area contributed by atoms with E-state index in [0.717, 1.165) is 0 Å². The molecular formula is C10H14N. The lowest BCUT2D eigenvalue weighted by Crippen LogP contribution is -2.10. The maximum absolute atomic E-state index is 2.12. The summed E-state index contributed by atoms with van der Waals surface area (Å²) in [6.45, 7) is 2.06. The number of para-hydroxylation sites is 1. The Balaban J connectivity index is 3.02. The van der Waals surface area contributed by atoms with Gasteiger partial charge in [0, 0.05) is 19.8 Å². The van der Waals surface area contributed by atoms with E-state index < -0.39 is 0 Å². The molecule has 0 fully saturated rings. The molecule has 0 spiro atoms. The first-order valence-electron chi connectivity index (χ1n) is 3.81. The zero-order chi connectivity index (χ0) is 8.27. The second kappa shape index (κ2) is 3.42. The number of hydrogen-bond donors (Lipinski definition) is 0. The van der Waals surface area contributed by atoms with Gasteiger partial charge >= 0.3 is 0 Å². The van der Waals surface area contributed by atoms with Crippen molar-refractivity contribution in [3.63, 3.8) is 0 Å². The van der Waals surface area contributed by atoms with Crippen molar-refractivity contribution in [2.24, 2.45) is 0 Å². The van der Waals surface area contributed by atoms with Gasteiger partial charge in [-0.3, -0.25) is 0 Å². The van der Waals surface area contributed by atoms with Crippen molar-refractivity contribution < 1.29 is 0 Å². The first kappa shape index (κ1) is 8.12. The standard InChI is InChI=1S/C10H14N/c1-4-9-7-5-6-8-10(9)11(2)3/h4-8H,1-3H3. The number of hydrogen-bond acceptors (Lipinski definition) is 1. The Labute approximate surface area is 68.7 Å². The lowest BCUT2D eigenvalue weighted by molar-refractivity contribution is 1.12. The molecule has 0 saturated carbocycles. The maximum atomic E-state index is 2.12. The normalized spacial score (nSPS) is 9.73. The maximum Gasteiger partial charge on any atom is 0.0396 e. The van der Waals surface area contributed by atoms with Crippen molar-refractivity contribution in [3.05, 3.63) is 36.2 Å². The molecule has 1 rings (SSSR count). The van der Waals surface area contributed by atoms with Crippen LogP contribution in [0.1, 0.15) is 12.5 Å². The summed E-state index contributed by atoms with van der Waals surface area (Å²) in [6, 6.07) is 8.36. The molecule has 0 unspecified atom stereocenters. The Kier molecular flexibility index (Phi) is 2.53. The van der Waals surface area contributed by atoms with Gasteiger partial charge in [-0.2, -0.15) is 0 Å². The van der Waals surface area contributed by atoms with Gasteiger partial charge in [0.15, 0.2) is 0 Å². The van der Waals surface area contributed by atoms with Crippen LogP contribution in [0.25, 0.3) is 0 Å². The molecular weight excluding hydrogens is 134 g/mol. The Bertz CT molecular complexity index is 228. The van der Waals surface area contributed by atoms with Crippen molar-refractivity contribution in [2.75, 3.05) is 19.0 Å². The molecule has 0 saturated heterocycles. The minimum atomic E-state index is 1.27. The van der Waals surface area contributed by atoms with Crippen molar-refractivity contribution in [1.29, 1.82) is 0 Å². The highest BCUT2D eigenvalue weighted by molar-refractivity contribution is 5.55. The SMILES string of the molecule is C[CH]c1ccccc1N(C)C. The van der Waals surface area contributed by atoms with Gasteiger partial charge < -0.3 is 4.90 Å². The summed E-state index contributed by atoms with van der Waals surface area (Å²) < 4.78 is 0. The Morgan fingerprint density at radius 1 is 1.18 bits per heavy atom. The van der Waals surface area contributed by atoms with Gasteiger partial charge in [-0.25, -0.2) is 0 Å². The molecule has 0 aliphatic rings. The molecule has 1 heteroatoms. The summed E-state index contributed by atoms with van der Waals surface area (Å²) in [4.78, 5) is 2.12. The van der Waals surface area contributed by atoms with Gasteiger partial charge in [-0.1, -0.05) is 25.1 Å². The van der Waals surface area contributed by atoms with Gasteiger partial charge in [0.1, 0.15) is 0 Å². The van der Waals surface area contributed by atoms with Crippen LogP contribution in [0, 0.1) is 6.42 Å². The summed E-state index contributed by atoms with van der Waals surface area (Å²) >= 11 is 0. The molecule has 1 nitrogen and oxygen atoms in total. The van der Waals surface area contributed by atoms with E-state index >= 15 is 0 Å². The predicted octanol–water partition coefficient (Wildman–Crippen LogP) is 2.32. The molecule has 0 N–H and O–H groups in total. The van der Waals surface area contributed by atoms with Crippen LogP contribution < -0.4 is 4.90 Å². The van der Waals surface area contributed by atoms with Crippen molar-refractivity contribution >= 4 is 5.69 Å². The second-order valence-electron chi connectivity index (χ2n) is 2.74. The third-order valence-corrected chi connectivity index (χ3v) is 1.73. The van der Waals surface area contributed by atoms with Crippen LogP contribution in [0.4, 0.5) is 5.69 Å². The average Bonchev–Trinajstić information content (AvgIpc) is 2.04. The van der Waals surface area contributed by atoms with Crippen LogP contribution in [0.2, 0.25) is 0 Å². The molecule has 0 aliphatic heterocycles. The van der Waals surface area contributed by atoms with Crippen LogP contribution in [0.15, 0.2) is 24.3 Å². The van der Waals surface area contributed by atoms with Crippen LogP contribution >= 0.6 is 0 Å². The zero-order valence-corrected chi connectivity index (χ0v) is 7.33. The van der Waals surface area contributed by atoms with E-state index in [-0.39, 0.29) is 0 Å². The van der Waals surface area contributed by atoms with Gasteiger partial charge in [-0.05, 0) is 18.1 Å². The zero-order valence-electron chi connectivity index (χ0n) is 7.33. The average molecular weight is 148 g/mol. The smallest absolute Gasteiger partial charge is 0.0396 e. The van der Waals surface area contributed by atoms with Crippen LogP contribution in [-0.2, 0) is 0 Å². The van der Waals surface area contributed by atoms with E-state index in [4.69, 9.17) is 0 Å². The fourth-order valence-corrected chi connectivity index (χ4v) is 1.14. The highest BCUT2D eigenvalue weighted by Crippen LogP contribution is 2.18. The number of rotatable bonds is 2. The quantitative estimate of drug-likeness (QED) is 0.622. The largest absolute Gasteiger partial charge is 0.377 e. The van der Waals surface area contributed by atoms with E-state index in [1.165, 1.54) is 11.3 Å². The number of anilines is 1. The van der Waals surface area contributed by atoms with E-state index in [9.17, 15) is 0 Å². The highest BCUT2D eigenvalue weighted by Gasteiger charge is 1.99. The third kappa shape index (κ3) is 1.73. The minimum absolute atomic E-state index is 1.27. The first-order valence-corrected chi connectivity index (χ1v) is 3.81. The van der Waals surface area contributed by atoms with E-state index in [0.29, 0.717) is 0 Å². The van der Waals surface area contributed by atoms with Gasteiger partial charge in [-0.15, -0.1) is 0 Å². The summed E-state index contributed by atoms with van der Waals surface area (Å²) in [7, 11) is 4.12. The highest BCUT2D eigenvalue weighted by atomic mass is 15.1. The van der Waals surface area contributed by atoms with Crippen LogP contribution in [-0.4, -0.2) is 14.1 Å². The Morgan fingerprint density at radius 3 is 2.27 bits per heavy atom. The molecule has 59 valence electrons. The fraction of sp³-hybridized carbons (Fsp3) is 0.300. The molecule has 1 radical (unpaired) electrons. The summed E-state index contributed by atoms with van der Waals surface area (Å²) in [5.74, 6) is 0. The van der Waals surface area contributed by atoms with E-state index in [2.05, 4.69) is 56.6 Å². The third-order valence-electron chi connectivity index (χ3n) is 1.73. The molecule has 0 heterocycles. The molecule has 0 atom stereocenters. The topological polar surface area (TPSA) is 3.24 Å². The van der Waals surface area contributed by atoms with E-state index in [1.807, 2.05) is 0 Å². The lowest BCUT2D eigenvalue weighted by Gasteiger charge is -2.15. The van der Waals surface area contributed by atoms with Crippen LogP contribution in [0.5, 0.6) is 0 Å². The predicted molar refractivity (Wildman–Crippen MR) is 49.8 cm³/mol. The second-order valence-corrected chi connectivity index (χ2v) is 2.74. The van der Waals surface area contributed by atoms with Gasteiger partial charge in [0.2, 0.25) is 0 Å². The molecule has 0 bridgehead atoms. The number of nitrogens with zero attached hydrogens (tertiary/aromatic N) is 1. The summed E-state index contributed by atoms with van der Waals surface area (Å²) in [6.07, 6.45) is 2.12. The number of benzene rings is 1. The van der Waals surface area contributed by atoms with Gasteiger partial charge in [0.05, 0.1) is 0 Å². The van der Waals surface area contributed by atoms with Crippen molar-refractivity contribution in [1.82, 2.24) is 0 Å². The molecule has 0 amide bonds. The molecule has 11 heavy (non-hydrogen) atoms. The van der Waals surface area contributed by atoms with Gasteiger partial charge in [0.25, 0.3) is 0 Å². The van der Waals surface area contributed by atoms with Crippen molar-refractivity contribution in [3.8, 4) is 0 Å². The molecule has 1 aromatic rings. The summed E-state index contributed by atoms with van der Waals surface area (Å²) in [5.41, 5.74) is 2.56. The van der Waals surface area contributed by atoms with E-state index in [1.54, 1.807) is 0 Å². The molecule has 0 aliphatic carbocycles. The monoisotopic (exact) mass is 148 g/mol. The fourth-order valence-electron chi connectivity index (χ4n) is 1.14. The lowest BCUT2D eigenvalue weighted by atomic mass is 10.1. The first-order chi connectivity index (χ1) is 5.25. The van der Waals surface area contributed by atoms with Crippen LogP contribution in [0.3, 0.4) is 0 Å². The van der Waals surface area contributed by atoms with Crippen molar-refractivity contribution in [2.45, 2.75) is 6.92 Å². The Morgan fingerprint density at radius 2 is 1.82 bits per heavy atom. The molecule has 1 aromatic carbocycles. The Hall–Kier alpha value is -0.980.